The molecule has 0 radical (unpaired) electrons. The summed E-state index contributed by atoms with van der Waals surface area (Å²) in [4.78, 5) is 29.3. The van der Waals surface area contributed by atoms with Crippen LogP contribution in [0.25, 0.3) is 22.0 Å². The topological polar surface area (TPSA) is 83.6 Å². The third kappa shape index (κ3) is 5.98. The number of nitrogens with zero attached hydrogens (tertiary/aromatic N) is 1. The Bertz CT molecular complexity index is 1730. The second-order valence-corrected chi connectivity index (χ2v) is 10.9. The van der Waals surface area contributed by atoms with E-state index in [1.165, 1.54) is 6.21 Å². The van der Waals surface area contributed by atoms with Gasteiger partial charge in [0.1, 0.15) is 5.69 Å². The number of ether oxygens (including phenoxy) is 1. The number of rotatable bonds is 6. The zero-order valence-electron chi connectivity index (χ0n) is 20.5. The Kier molecular flexibility index (Phi) is 7.97. The highest BCUT2D eigenvalue weighted by molar-refractivity contribution is 9.11. The van der Waals surface area contributed by atoms with Crippen LogP contribution in [-0.2, 0) is 0 Å². The van der Waals surface area contributed by atoms with Crippen LogP contribution >= 0.6 is 43.5 Å². The average Bonchev–Trinajstić information content (AvgIpc) is 3.30. The summed E-state index contributed by atoms with van der Waals surface area (Å²) in [5.74, 6) is -0.718. The molecule has 1 amide bonds. The van der Waals surface area contributed by atoms with E-state index in [4.69, 9.17) is 16.3 Å². The molecule has 0 unspecified atom stereocenters. The molecule has 1 heterocycles. The molecule has 0 saturated carbocycles. The molecular weight excluding hydrogens is 646 g/mol. The second kappa shape index (κ2) is 11.6. The molecule has 0 aliphatic rings. The number of aromatic nitrogens is 1. The number of carbonyl (C=O) groups is 2. The van der Waals surface area contributed by atoms with E-state index < -0.39 is 11.9 Å². The number of fused-ring (bicyclic) bond motifs is 1. The molecule has 0 fully saturated rings. The Labute approximate surface area is 246 Å². The van der Waals surface area contributed by atoms with Crippen molar-refractivity contribution in [3.63, 3.8) is 0 Å². The molecule has 0 atom stereocenters. The van der Waals surface area contributed by atoms with Crippen LogP contribution in [0.5, 0.6) is 5.75 Å². The molecule has 0 saturated heterocycles. The molecule has 5 rings (SSSR count). The number of halogens is 3. The Hall–Kier alpha value is -3.72. The van der Waals surface area contributed by atoms with E-state index in [2.05, 4.69) is 53.4 Å². The van der Waals surface area contributed by atoms with Crippen LogP contribution < -0.4 is 10.2 Å². The largest absolute Gasteiger partial charge is 0.421 e. The van der Waals surface area contributed by atoms with E-state index in [0.717, 1.165) is 32.1 Å². The highest BCUT2D eigenvalue weighted by Gasteiger charge is 2.20. The monoisotopic (exact) mass is 663 g/mol. The van der Waals surface area contributed by atoms with Gasteiger partial charge in [-0.25, -0.2) is 10.2 Å². The molecule has 4 aromatic carbocycles. The maximum Gasteiger partial charge on any atom is 0.343 e. The van der Waals surface area contributed by atoms with Crippen LogP contribution in [0.4, 0.5) is 0 Å². The van der Waals surface area contributed by atoms with Crippen molar-refractivity contribution in [1.82, 2.24) is 10.4 Å². The number of hydrazone groups is 1. The van der Waals surface area contributed by atoms with Crippen LogP contribution in [0, 0.1) is 6.92 Å². The van der Waals surface area contributed by atoms with Gasteiger partial charge >= 0.3 is 5.97 Å². The van der Waals surface area contributed by atoms with E-state index in [1.807, 2.05) is 49.4 Å². The summed E-state index contributed by atoms with van der Waals surface area (Å²) >= 11 is 12.8. The average molecular weight is 666 g/mol. The molecule has 9 heteroatoms. The number of hydrogen-bond donors (Lipinski definition) is 2. The highest BCUT2D eigenvalue weighted by Crippen LogP contribution is 2.34. The van der Waals surface area contributed by atoms with Gasteiger partial charge in [-0.1, -0.05) is 69.5 Å². The minimum atomic E-state index is -0.561. The molecule has 39 heavy (non-hydrogen) atoms. The fraction of sp³-hybridized carbons (Fsp3) is 0.0333. The normalized spacial score (nSPS) is 11.2. The van der Waals surface area contributed by atoms with Gasteiger partial charge in [0.2, 0.25) is 0 Å². The van der Waals surface area contributed by atoms with Gasteiger partial charge in [0.25, 0.3) is 5.91 Å². The Morgan fingerprint density at radius 1 is 0.974 bits per heavy atom. The van der Waals surface area contributed by atoms with Crippen molar-refractivity contribution < 1.29 is 14.3 Å². The summed E-state index contributed by atoms with van der Waals surface area (Å²) in [5.41, 5.74) is 7.45. The van der Waals surface area contributed by atoms with E-state index in [9.17, 15) is 9.59 Å². The quantitative estimate of drug-likeness (QED) is 0.0829. The van der Waals surface area contributed by atoms with Crippen molar-refractivity contribution in [2.75, 3.05) is 0 Å². The van der Waals surface area contributed by atoms with Gasteiger partial charge in [-0.2, -0.15) is 5.10 Å². The first-order valence-electron chi connectivity index (χ1n) is 11.8. The molecule has 2 N–H and O–H groups in total. The van der Waals surface area contributed by atoms with Gasteiger partial charge in [-0.15, -0.1) is 0 Å². The number of aryl methyl sites for hydroxylation is 1. The summed E-state index contributed by atoms with van der Waals surface area (Å²) in [6.07, 6.45) is 1.42. The number of aromatic amines is 1. The summed E-state index contributed by atoms with van der Waals surface area (Å²) in [7, 11) is 0. The number of H-pyrrole nitrogens is 1. The third-order valence-electron chi connectivity index (χ3n) is 5.93. The van der Waals surface area contributed by atoms with Gasteiger partial charge in [0.15, 0.2) is 5.75 Å². The van der Waals surface area contributed by atoms with Crippen molar-refractivity contribution in [2.24, 2.45) is 5.10 Å². The zero-order chi connectivity index (χ0) is 27.5. The first-order valence-corrected chi connectivity index (χ1v) is 13.7. The number of esters is 1. The van der Waals surface area contributed by atoms with Crippen LogP contribution in [0.1, 0.15) is 32.0 Å². The molecule has 5 aromatic rings. The van der Waals surface area contributed by atoms with Crippen molar-refractivity contribution >= 4 is 72.5 Å². The lowest BCUT2D eigenvalue weighted by molar-refractivity contribution is 0.0733. The number of benzene rings is 4. The molecular formula is C30H20Br2ClN3O3. The van der Waals surface area contributed by atoms with E-state index in [0.29, 0.717) is 26.3 Å². The molecule has 6 nitrogen and oxygen atoms in total. The first kappa shape index (κ1) is 26.9. The van der Waals surface area contributed by atoms with Gasteiger partial charge in [-0.05, 0) is 76.9 Å². The maximum absolute atomic E-state index is 13.3. The second-order valence-electron chi connectivity index (χ2n) is 8.69. The van der Waals surface area contributed by atoms with Gasteiger partial charge in [0.05, 0.1) is 16.3 Å². The van der Waals surface area contributed by atoms with Crippen molar-refractivity contribution in [1.29, 1.82) is 0 Å². The smallest absolute Gasteiger partial charge is 0.343 e. The summed E-state index contributed by atoms with van der Waals surface area (Å²) in [6, 6.07) is 25.6. The number of hydrogen-bond acceptors (Lipinski definition) is 4. The highest BCUT2D eigenvalue weighted by atomic mass is 79.9. The summed E-state index contributed by atoms with van der Waals surface area (Å²) in [5, 5.41) is 5.64. The lowest BCUT2D eigenvalue weighted by atomic mass is 10.0. The summed E-state index contributed by atoms with van der Waals surface area (Å²) in [6.45, 7) is 2.01. The maximum atomic E-state index is 13.3. The van der Waals surface area contributed by atoms with E-state index in [1.54, 1.807) is 36.4 Å². The Balaban J connectivity index is 1.43. The first-order chi connectivity index (χ1) is 18.8. The van der Waals surface area contributed by atoms with Crippen molar-refractivity contribution in [3.05, 3.63) is 121 Å². The predicted molar refractivity (Wildman–Crippen MR) is 162 cm³/mol. The molecule has 0 spiro atoms. The van der Waals surface area contributed by atoms with Crippen LogP contribution in [0.2, 0.25) is 5.02 Å². The van der Waals surface area contributed by atoms with Crippen LogP contribution in [0.15, 0.2) is 99.0 Å². The number of amides is 1. The van der Waals surface area contributed by atoms with Gasteiger partial charge in [-0.3, -0.25) is 4.79 Å². The molecule has 0 aliphatic carbocycles. The number of carbonyl (C=O) groups excluding carboxylic acids is 2. The Morgan fingerprint density at radius 3 is 2.46 bits per heavy atom. The third-order valence-corrected chi connectivity index (χ3v) is 7.22. The van der Waals surface area contributed by atoms with E-state index in [-0.39, 0.29) is 5.75 Å². The van der Waals surface area contributed by atoms with Crippen LogP contribution in [-0.4, -0.2) is 23.1 Å². The van der Waals surface area contributed by atoms with Gasteiger partial charge in [0, 0.05) is 31.5 Å². The molecule has 0 aliphatic heterocycles. The molecule has 0 bridgehead atoms. The SMILES string of the molecule is Cc1ccc2[nH]c(C(=O)NN=Cc3cc(Br)cc(Br)c3OC(=O)c3ccc(Cl)cc3)c(-c3ccccc3)c2c1. The fourth-order valence-electron chi connectivity index (χ4n) is 4.12. The van der Waals surface area contributed by atoms with Gasteiger partial charge < -0.3 is 9.72 Å². The minimum absolute atomic E-state index is 0.252. The predicted octanol–water partition coefficient (Wildman–Crippen LogP) is 8.30. The van der Waals surface area contributed by atoms with Crippen LogP contribution in [0.3, 0.4) is 0 Å². The Morgan fingerprint density at radius 2 is 1.72 bits per heavy atom. The fourth-order valence-corrected chi connectivity index (χ4v) is 5.58. The van der Waals surface area contributed by atoms with Crippen molar-refractivity contribution in [2.45, 2.75) is 6.92 Å². The van der Waals surface area contributed by atoms with E-state index >= 15 is 0 Å². The lowest BCUT2D eigenvalue weighted by Crippen LogP contribution is -2.19. The molecule has 194 valence electrons. The minimum Gasteiger partial charge on any atom is -0.421 e. The lowest BCUT2D eigenvalue weighted by Gasteiger charge is -2.11. The standard InChI is InChI=1S/C30H20Br2ClN3O3/c1-17-7-12-25-23(13-17)26(18-5-3-2-4-6-18)27(35-25)29(37)36-34-16-20-14-21(31)15-24(32)28(20)39-30(38)19-8-10-22(33)11-9-19/h2-16,35H,1H3,(H,36,37). The summed E-state index contributed by atoms with van der Waals surface area (Å²) < 4.78 is 6.93. The number of nitrogens with one attached hydrogen (secondary N) is 2. The zero-order valence-corrected chi connectivity index (χ0v) is 24.4. The molecule has 1 aromatic heterocycles. The van der Waals surface area contributed by atoms with Crippen molar-refractivity contribution in [3.8, 4) is 16.9 Å².